The maximum Gasteiger partial charge on any atom is 0.270 e. The van der Waals surface area contributed by atoms with Crippen LogP contribution in [-0.4, -0.2) is 40.0 Å². The van der Waals surface area contributed by atoms with Crippen LogP contribution in [0, 0.1) is 10.1 Å². The van der Waals surface area contributed by atoms with Crippen LogP contribution in [0.1, 0.15) is 24.2 Å². The standard InChI is InChI=1S/C13H18N2O4S/c1-8(13(7-16)20-3)14-12-5-4-10(15(18)19)6-11(12)9(2)17/h4-6,8,13-14,16H,7H2,1-3H3/t8-,13-/m1/s1. The van der Waals surface area contributed by atoms with Gasteiger partial charge in [-0.15, -0.1) is 0 Å². The molecule has 1 aromatic rings. The number of Topliss-reactive ketones (excluding diaryl/α,β-unsaturated/α-hetero) is 1. The minimum Gasteiger partial charge on any atom is -0.395 e. The first-order valence-electron chi connectivity index (χ1n) is 6.10. The molecule has 0 bridgehead atoms. The summed E-state index contributed by atoms with van der Waals surface area (Å²) in [6, 6.07) is 4.08. The first-order valence-corrected chi connectivity index (χ1v) is 7.39. The van der Waals surface area contributed by atoms with Crippen molar-refractivity contribution in [3.05, 3.63) is 33.9 Å². The van der Waals surface area contributed by atoms with E-state index in [0.29, 0.717) is 5.69 Å². The number of nitro benzene ring substituents is 1. The number of nitro groups is 1. The third-order valence-electron chi connectivity index (χ3n) is 3.02. The second kappa shape index (κ2) is 7.25. The summed E-state index contributed by atoms with van der Waals surface area (Å²) in [6.07, 6.45) is 1.89. The van der Waals surface area contributed by atoms with Crippen LogP contribution >= 0.6 is 11.8 Å². The Hall–Kier alpha value is -1.60. The van der Waals surface area contributed by atoms with E-state index in [1.54, 1.807) is 0 Å². The molecule has 0 radical (unpaired) electrons. The van der Waals surface area contributed by atoms with E-state index in [4.69, 9.17) is 0 Å². The lowest BCUT2D eigenvalue weighted by Crippen LogP contribution is -2.31. The Kier molecular flexibility index (Phi) is 5.97. The molecular weight excluding hydrogens is 280 g/mol. The summed E-state index contributed by atoms with van der Waals surface area (Å²) in [5, 5.41) is 23.1. The molecule has 1 rings (SSSR count). The van der Waals surface area contributed by atoms with E-state index in [1.165, 1.54) is 36.9 Å². The van der Waals surface area contributed by atoms with Gasteiger partial charge in [-0.05, 0) is 26.2 Å². The molecule has 2 atom stereocenters. The molecule has 20 heavy (non-hydrogen) atoms. The average Bonchev–Trinajstić information content (AvgIpc) is 2.39. The van der Waals surface area contributed by atoms with Gasteiger partial charge in [0.05, 0.1) is 11.5 Å². The number of carbonyl (C=O) groups excluding carboxylic acids is 1. The van der Waals surface area contributed by atoms with Gasteiger partial charge < -0.3 is 10.4 Å². The number of thioether (sulfide) groups is 1. The highest BCUT2D eigenvalue weighted by atomic mass is 32.2. The molecule has 0 aliphatic rings. The number of benzene rings is 1. The number of non-ortho nitro benzene ring substituents is 1. The Morgan fingerprint density at radius 3 is 2.65 bits per heavy atom. The Bertz CT molecular complexity index is 503. The first kappa shape index (κ1) is 16.5. The highest BCUT2D eigenvalue weighted by Crippen LogP contribution is 2.25. The number of nitrogens with zero attached hydrogens (tertiary/aromatic N) is 1. The molecule has 1 aromatic carbocycles. The zero-order chi connectivity index (χ0) is 15.3. The highest BCUT2D eigenvalue weighted by molar-refractivity contribution is 7.99. The number of rotatable bonds is 7. The SMILES string of the molecule is CS[C@H](CO)[C@@H](C)Nc1ccc([N+](=O)[O-])cc1C(C)=O. The van der Waals surface area contributed by atoms with Crippen molar-refractivity contribution in [3.8, 4) is 0 Å². The van der Waals surface area contributed by atoms with Crippen molar-refractivity contribution in [1.29, 1.82) is 0 Å². The van der Waals surface area contributed by atoms with Gasteiger partial charge in [-0.2, -0.15) is 11.8 Å². The Balaban J connectivity index is 3.06. The quantitative estimate of drug-likeness (QED) is 0.456. The number of aliphatic hydroxyl groups excluding tert-OH is 1. The molecule has 7 heteroatoms. The van der Waals surface area contributed by atoms with Crippen molar-refractivity contribution in [2.24, 2.45) is 0 Å². The predicted octanol–water partition coefficient (Wildman–Crippen LogP) is 2.32. The molecule has 110 valence electrons. The maximum absolute atomic E-state index is 11.6. The smallest absolute Gasteiger partial charge is 0.270 e. The van der Waals surface area contributed by atoms with Gasteiger partial charge in [-0.3, -0.25) is 14.9 Å². The van der Waals surface area contributed by atoms with Crippen LogP contribution < -0.4 is 5.32 Å². The lowest BCUT2D eigenvalue weighted by Gasteiger charge is -2.23. The number of nitrogens with one attached hydrogen (secondary N) is 1. The number of aliphatic hydroxyl groups is 1. The van der Waals surface area contributed by atoms with E-state index in [0.717, 1.165) is 0 Å². The minimum atomic E-state index is -0.530. The molecule has 0 saturated heterocycles. The van der Waals surface area contributed by atoms with Crippen molar-refractivity contribution in [1.82, 2.24) is 0 Å². The fourth-order valence-electron chi connectivity index (χ4n) is 1.84. The van der Waals surface area contributed by atoms with Crippen LogP contribution in [-0.2, 0) is 0 Å². The molecule has 0 spiro atoms. The van der Waals surface area contributed by atoms with Crippen molar-refractivity contribution in [3.63, 3.8) is 0 Å². The summed E-state index contributed by atoms with van der Waals surface area (Å²) in [4.78, 5) is 21.8. The topological polar surface area (TPSA) is 92.5 Å². The third kappa shape index (κ3) is 3.94. The predicted molar refractivity (Wildman–Crippen MR) is 80.6 cm³/mol. The number of hydrogen-bond acceptors (Lipinski definition) is 6. The molecular formula is C13H18N2O4S. The second-order valence-corrected chi connectivity index (χ2v) is 5.51. The molecule has 0 heterocycles. The van der Waals surface area contributed by atoms with Gasteiger partial charge in [-0.1, -0.05) is 0 Å². The fraction of sp³-hybridized carbons (Fsp3) is 0.462. The van der Waals surface area contributed by atoms with Gasteiger partial charge >= 0.3 is 0 Å². The summed E-state index contributed by atoms with van der Waals surface area (Å²) < 4.78 is 0. The van der Waals surface area contributed by atoms with E-state index in [2.05, 4.69) is 5.32 Å². The van der Waals surface area contributed by atoms with E-state index in [9.17, 15) is 20.0 Å². The van der Waals surface area contributed by atoms with E-state index >= 15 is 0 Å². The molecule has 6 nitrogen and oxygen atoms in total. The summed E-state index contributed by atoms with van der Waals surface area (Å²) in [6.45, 7) is 3.27. The lowest BCUT2D eigenvalue weighted by molar-refractivity contribution is -0.384. The summed E-state index contributed by atoms with van der Waals surface area (Å²) in [7, 11) is 0. The fourth-order valence-corrected chi connectivity index (χ4v) is 2.46. The van der Waals surface area contributed by atoms with Crippen molar-refractivity contribution in [2.45, 2.75) is 25.1 Å². The number of hydrogen-bond donors (Lipinski definition) is 2. The second-order valence-electron chi connectivity index (χ2n) is 4.43. The molecule has 0 unspecified atom stereocenters. The molecule has 0 aliphatic heterocycles. The van der Waals surface area contributed by atoms with Crippen molar-refractivity contribution < 1.29 is 14.8 Å². The maximum atomic E-state index is 11.6. The molecule has 0 saturated carbocycles. The van der Waals surface area contributed by atoms with Gasteiger partial charge in [0.25, 0.3) is 5.69 Å². The number of anilines is 1. The lowest BCUT2D eigenvalue weighted by atomic mass is 10.1. The third-order valence-corrected chi connectivity index (χ3v) is 4.18. The van der Waals surface area contributed by atoms with Crippen LogP contribution in [0.25, 0.3) is 0 Å². The summed E-state index contributed by atoms with van der Waals surface area (Å²) in [5.41, 5.74) is 0.712. The molecule has 0 aliphatic carbocycles. The largest absolute Gasteiger partial charge is 0.395 e. The Morgan fingerprint density at radius 1 is 1.55 bits per heavy atom. The van der Waals surface area contributed by atoms with Gasteiger partial charge in [0.2, 0.25) is 0 Å². The van der Waals surface area contributed by atoms with E-state index < -0.39 is 4.92 Å². The first-order chi connectivity index (χ1) is 9.40. The Morgan fingerprint density at radius 2 is 2.20 bits per heavy atom. The molecule has 2 N–H and O–H groups in total. The molecule has 0 aromatic heterocycles. The van der Waals surface area contributed by atoms with E-state index in [1.807, 2.05) is 13.2 Å². The van der Waals surface area contributed by atoms with Crippen LogP contribution in [0.2, 0.25) is 0 Å². The Labute approximate surface area is 121 Å². The normalized spacial score (nSPS) is 13.6. The zero-order valence-electron chi connectivity index (χ0n) is 11.6. The van der Waals surface area contributed by atoms with Gasteiger partial charge in [-0.25, -0.2) is 0 Å². The summed E-state index contributed by atoms with van der Waals surface area (Å²) in [5.74, 6) is -0.242. The van der Waals surface area contributed by atoms with E-state index in [-0.39, 0.29) is 34.9 Å². The monoisotopic (exact) mass is 298 g/mol. The summed E-state index contributed by atoms with van der Waals surface area (Å²) >= 11 is 1.51. The van der Waals surface area contributed by atoms with Crippen molar-refractivity contribution in [2.75, 3.05) is 18.2 Å². The highest BCUT2D eigenvalue weighted by Gasteiger charge is 2.19. The zero-order valence-corrected chi connectivity index (χ0v) is 12.4. The van der Waals surface area contributed by atoms with Crippen LogP contribution in [0.15, 0.2) is 18.2 Å². The number of ketones is 1. The minimum absolute atomic E-state index is 0.0116. The van der Waals surface area contributed by atoms with Crippen molar-refractivity contribution >= 4 is 28.9 Å². The van der Waals surface area contributed by atoms with Crippen LogP contribution in [0.3, 0.4) is 0 Å². The number of carbonyl (C=O) groups is 1. The van der Waals surface area contributed by atoms with Gasteiger partial charge in [0, 0.05) is 34.7 Å². The molecule has 0 fully saturated rings. The van der Waals surface area contributed by atoms with Gasteiger partial charge in [0.1, 0.15) is 0 Å². The van der Waals surface area contributed by atoms with Gasteiger partial charge in [0.15, 0.2) is 5.78 Å². The van der Waals surface area contributed by atoms with Crippen LogP contribution in [0.4, 0.5) is 11.4 Å². The van der Waals surface area contributed by atoms with Crippen LogP contribution in [0.5, 0.6) is 0 Å². The average molecular weight is 298 g/mol. The molecule has 0 amide bonds.